The molecule has 0 unspecified atom stereocenters. The Labute approximate surface area is 278 Å². The molecule has 0 aliphatic rings. The standard InChI is InChI=1S/C33H29F3N6O6S/c34-33(35,36)32(45)48-31(44)27(41-49(46,47)26-13-10-23(11-14-26)22-7-2-1-3-8-22)21-39-30(43)24-12-15-28-25(19-24)20-40-42(28)18-6-17-38-29-9-4-5-16-37-29/h1-5,7-16,19-20,27,41H,6,17-18,21H2,(H,37,38)(H,39,43)/t27-/m0/s1. The summed E-state index contributed by atoms with van der Waals surface area (Å²) in [6.07, 6.45) is -1.57. The second-order valence-corrected chi connectivity index (χ2v) is 12.3. The Hall–Kier alpha value is -5.61. The van der Waals surface area contributed by atoms with Crippen molar-refractivity contribution >= 4 is 44.6 Å². The van der Waals surface area contributed by atoms with Gasteiger partial charge in [0.05, 0.1) is 16.6 Å². The van der Waals surface area contributed by atoms with Gasteiger partial charge in [0.1, 0.15) is 11.9 Å². The summed E-state index contributed by atoms with van der Waals surface area (Å²) in [4.78, 5) is 40.9. The molecule has 0 fully saturated rings. The van der Waals surface area contributed by atoms with Gasteiger partial charge in [0, 0.05) is 36.8 Å². The van der Waals surface area contributed by atoms with Gasteiger partial charge in [0.15, 0.2) is 0 Å². The van der Waals surface area contributed by atoms with Crippen molar-refractivity contribution in [1.82, 2.24) is 24.8 Å². The van der Waals surface area contributed by atoms with E-state index in [0.29, 0.717) is 24.0 Å². The summed E-state index contributed by atoms with van der Waals surface area (Å²) in [5.74, 6) is -4.73. The molecule has 0 aliphatic heterocycles. The number of ether oxygens (including phenoxy) is 1. The quantitative estimate of drug-likeness (QED) is 0.0927. The molecular weight excluding hydrogens is 665 g/mol. The van der Waals surface area contributed by atoms with E-state index in [0.717, 1.165) is 23.3 Å². The van der Waals surface area contributed by atoms with Gasteiger partial charge in [-0.15, -0.1) is 0 Å². The van der Waals surface area contributed by atoms with Crippen molar-refractivity contribution in [2.75, 3.05) is 18.4 Å². The van der Waals surface area contributed by atoms with Crippen LogP contribution in [0, 0.1) is 0 Å². The van der Waals surface area contributed by atoms with Crippen molar-refractivity contribution in [2.24, 2.45) is 0 Å². The van der Waals surface area contributed by atoms with Crippen molar-refractivity contribution in [3.05, 3.63) is 109 Å². The molecule has 1 amide bonds. The smallest absolute Gasteiger partial charge is 0.385 e. The molecule has 0 saturated carbocycles. The van der Waals surface area contributed by atoms with Gasteiger partial charge < -0.3 is 15.4 Å². The number of halogens is 3. The number of carbonyl (C=O) groups excluding carboxylic acids is 3. The van der Waals surface area contributed by atoms with Crippen molar-refractivity contribution < 1.29 is 40.7 Å². The van der Waals surface area contributed by atoms with Crippen molar-refractivity contribution in [2.45, 2.75) is 30.1 Å². The van der Waals surface area contributed by atoms with Gasteiger partial charge in [-0.2, -0.15) is 23.0 Å². The first-order valence-corrected chi connectivity index (χ1v) is 16.3. The fourth-order valence-electron chi connectivity index (χ4n) is 4.72. The molecule has 49 heavy (non-hydrogen) atoms. The molecule has 1 atom stereocenters. The number of aromatic nitrogens is 3. The highest BCUT2D eigenvalue weighted by atomic mass is 32.2. The summed E-state index contributed by atoms with van der Waals surface area (Å²) in [5, 5.41) is 10.5. The zero-order valence-corrected chi connectivity index (χ0v) is 26.4. The van der Waals surface area contributed by atoms with Crippen molar-refractivity contribution in [1.29, 1.82) is 0 Å². The fraction of sp³-hybridized carbons (Fsp3) is 0.182. The lowest BCUT2D eigenvalue weighted by Gasteiger charge is -2.18. The molecule has 12 nitrogen and oxygen atoms in total. The molecule has 5 rings (SSSR count). The van der Waals surface area contributed by atoms with E-state index in [2.05, 4.69) is 25.5 Å². The molecule has 3 aromatic carbocycles. The number of hydrogen-bond donors (Lipinski definition) is 3. The maximum absolute atomic E-state index is 13.2. The molecule has 2 heterocycles. The van der Waals surface area contributed by atoms with Crippen LogP contribution < -0.4 is 15.4 Å². The number of hydrogen-bond acceptors (Lipinski definition) is 9. The summed E-state index contributed by atoms with van der Waals surface area (Å²) in [7, 11) is -4.55. The molecular formula is C33H29F3N6O6S. The number of esters is 2. The Morgan fingerprint density at radius 1 is 0.898 bits per heavy atom. The number of rotatable bonds is 13. The van der Waals surface area contributed by atoms with Gasteiger partial charge in [-0.1, -0.05) is 48.5 Å². The number of alkyl halides is 3. The van der Waals surface area contributed by atoms with Crippen LogP contribution in [0.5, 0.6) is 0 Å². The summed E-state index contributed by atoms with van der Waals surface area (Å²) in [6.45, 7) is 0.356. The van der Waals surface area contributed by atoms with E-state index in [9.17, 15) is 36.0 Å². The van der Waals surface area contributed by atoms with Crippen molar-refractivity contribution in [3.63, 3.8) is 0 Å². The average Bonchev–Trinajstić information content (AvgIpc) is 3.51. The maximum atomic E-state index is 13.2. The number of carbonyl (C=O) groups is 3. The molecule has 254 valence electrons. The van der Waals surface area contributed by atoms with Gasteiger partial charge in [-0.25, -0.2) is 23.0 Å². The minimum absolute atomic E-state index is 0.0988. The third kappa shape index (κ3) is 9.05. The summed E-state index contributed by atoms with van der Waals surface area (Å²) in [6, 6.07) is 22.6. The third-order valence-corrected chi connectivity index (χ3v) is 8.65. The lowest BCUT2D eigenvalue weighted by molar-refractivity contribution is -0.202. The highest BCUT2D eigenvalue weighted by Crippen LogP contribution is 2.22. The molecule has 3 N–H and O–H groups in total. The van der Waals surface area contributed by atoms with Crippen LogP contribution >= 0.6 is 0 Å². The molecule has 16 heteroatoms. The van der Waals surface area contributed by atoms with Crippen LogP contribution in [0.25, 0.3) is 22.0 Å². The highest BCUT2D eigenvalue weighted by molar-refractivity contribution is 7.89. The Bertz CT molecular complexity index is 2040. The fourth-order valence-corrected chi connectivity index (χ4v) is 5.91. The monoisotopic (exact) mass is 694 g/mol. The van der Waals surface area contributed by atoms with E-state index in [1.807, 2.05) is 41.1 Å². The van der Waals surface area contributed by atoms with Crippen LogP contribution in [-0.4, -0.2) is 66.3 Å². The van der Waals surface area contributed by atoms with Crippen LogP contribution in [0.2, 0.25) is 0 Å². The minimum Gasteiger partial charge on any atom is -0.385 e. The van der Waals surface area contributed by atoms with Crippen LogP contribution in [0.3, 0.4) is 0 Å². The van der Waals surface area contributed by atoms with Crippen LogP contribution in [-0.2, 0) is 30.9 Å². The van der Waals surface area contributed by atoms with E-state index in [1.54, 1.807) is 35.3 Å². The van der Waals surface area contributed by atoms with Gasteiger partial charge in [-0.05, 0) is 60.0 Å². The SMILES string of the molecule is O=C(NC[C@H](NS(=O)(=O)c1ccc(-c2ccccc2)cc1)C(=O)OC(=O)C(F)(F)F)c1ccc2c(cnn2CCCNc2ccccn2)c1. The molecule has 5 aromatic rings. The average molecular weight is 695 g/mol. The second kappa shape index (κ2) is 15.1. The predicted molar refractivity (Wildman–Crippen MR) is 173 cm³/mol. The Morgan fingerprint density at radius 3 is 2.31 bits per heavy atom. The molecule has 2 aromatic heterocycles. The van der Waals surface area contributed by atoms with Gasteiger partial charge in [0.25, 0.3) is 5.91 Å². The number of sulfonamides is 1. The summed E-state index contributed by atoms with van der Waals surface area (Å²) >= 11 is 0. The number of anilines is 1. The van der Waals surface area contributed by atoms with Crippen molar-refractivity contribution in [3.8, 4) is 11.1 Å². The lowest BCUT2D eigenvalue weighted by atomic mass is 10.1. The first-order valence-electron chi connectivity index (χ1n) is 14.8. The zero-order valence-electron chi connectivity index (χ0n) is 25.6. The van der Waals surface area contributed by atoms with Crippen LogP contribution in [0.15, 0.2) is 108 Å². The van der Waals surface area contributed by atoms with E-state index in [1.165, 1.54) is 36.4 Å². The first-order chi connectivity index (χ1) is 23.4. The minimum atomic E-state index is -5.52. The molecule has 0 bridgehead atoms. The van der Waals surface area contributed by atoms with E-state index >= 15 is 0 Å². The number of fused-ring (bicyclic) bond motifs is 1. The molecule has 0 aliphatic carbocycles. The molecule has 0 radical (unpaired) electrons. The topological polar surface area (TPSA) is 161 Å². The Balaban J connectivity index is 1.25. The summed E-state index contributed by atoms with van der Waals surface area (Å²) < 4.78 is 72.4. The second-order valence-electron chi connectivity index (χ2n) is 10.6. The zero-order chi connectivity index (χ0) is 35.0. The number of pyridine rings is 1. The highest BCUT2D eigenvalue weighted by Gasteiger charge is 2.44. The van der Waals surface area contributed by atoms with Gasteiger partial charge >= 0.3 is 18.1 Å². The molecule has 0 saturated heterocycles. The number of nitrogens with zero attached hydrogens (tertiary/aromatic N) is 3. The van der Waals surface area contributed by atoms with E-state index in [4.69, 9.17) is 0 Å². The number of benzene rings is 3. The number of nitrogens with one attached hydrogen (secondary N) is 3. The molecule has 0 spiro atoms. The van der Waals surface area contributed by atoms with Gasteiger partial charge in [0.2, 0.25) is 10.0 Å². The number of aryl methyl sites for hydroxylation is 1. The van der Waals surface area contributed by atoms with E-state index in [-0.39, 0.29) is 10.5 Å². The Morgan fingerprint density at radius 2 is 1.61 bits per heavy atom. The normalized spacial score (nSPS) is 12.3. The lowest BCUT2D eigenvalue weighted by Crippen LogP contribution is -2.50. The third-order valence-electron chi connectivity index (χ3n) is 7.17. The Kier molecular flexibility index (Phi) is 10.7. The number of amides is 1. The largest absolute Gasteiger partial charge is 0.491 e. The maximum Gasteiger partial charge on any atom is 0.491 e. The van der Waals surface area contributed by atoms with Gasteiger partial charge in [-0.3, -0.25) is 9.48 Å². The van der Waals surface area contributed by atoms with Crippen LogP contribution in [0.4, 0.5) is 19.0 Å². The van der Waals surface area contributed by atoms with Crippen LogP contribution in [0.1, 0.15) is 16.8 Å². The van der Waals surface area contributed by atoms with E-state index < -0.39 is 46.6 Å². The summed E-state index contributed by atoms with van der Waals surface area (Å²) in [5.41, 5.74) is 2.31. The predicted octanol–water partition coefficient (Wildman–Crippen LogP) is 4.31. The first kappa shape index (κ1) is 34.7.